The van der Waals surface area contributed by atoms with Crippen molar-refractivity contribution < 1.29 is 23.7 Å². The van der Waals surface area contributed by atoms with Gasteiger partial charge in [-0.15, -0.1) is 0 Å². The van der Waals surface area contributed by atoms with E-state index in [4.69, 9.17) is 29.4 Å². The topological polar surface area (TPSA) is 75.4 Å². The molecule has 0 radical (unpaired) electrons. The Labute approximate surface area is 150 Å². The first kappa shape index (κ1) is 18.1. The minimum absolute atomic E-state index is 0.0566. The van der Waals surface area contributed by atoms with Gasteiger partial charge in [-0.05, 0) is 60.5 Å². The number of nitrogens with two attached hydrogens (primary N) is 1. The highest BCUT2D eigenvalue weighted by Gasteiger charge is 2.60. The number of rotatable bonds is 2. The number of nitrogens with zero attached hydrogens (tertiary/aromatic N) is 1. The summed E-state index contributed by atoms with van der Waals surface area (Å²) in [6.07, 6.45) is 0.887. The van der Waals surface area contributed by atoms with E-state index in [1.807, 2.05) is 27.7 Å². The van der Waals surface area contributed by atoms with E-state index in [0.29, 0.717) is 0 Å². The molecule has 4 heterocycles. The van der Waals surface area contributed by atoms with E-state index in [-0.39, 0.29) is 30.0 Å². The third-order valence-electron chi connectivity index (χ3n) is 5.69. The van der Waals surface area contributed by atoms with E-state index in [9.17, 15) is 0 Å². The zero-order valence-corrected chi connectivity index (χ0v) is 16.0. The summed E-state index contributed by atoms with van der Waals surface area (Å²) in [4.78, 5) is 2.41. The van der Waals surface area contributed by atoms with Crippen molar-refractivity contribution in [1.82, 2.24) is 4.90 Å². The Hall–Kier alpha value is -0.280. The van der Waals surface area contributed by atoms with Crippen molar-refractivity contribution in [2.75, 3.05) is 19.6 Å². The van der Waals surface area contributed by atoms with Gasteiger partial charge >= 0.3 is 0 Å². The summed E-state index contributed by atoms with van der Waals surface area (Å²) in [6.45, 7) is 12.6. The Morgan fingerprint density at radius 2 is 1.40 bits per heavy atom. The van der Waals surface area contributed by atoms with Gasteiger partial charge in [0.25, 0.3) is 0 Å². The lowest BCUT2D eigenvalue weighted by atomic mass is 9.90. The van der Waals surface area contributed by atoms with Crippen LogP contribution in [0.2, 0.25) is 0 Å². The molecule has 0 aliphatic carbocycles. The molecule has 0 aromatic carbocycles. The van der Waals surface area contributed by atoms with Crippen LogP contribution < -0.4 is 5.73 Å². The Kier molecular flexibility index (Phi) is 4.24. The van der Waals surface area contributed by atoms with Crippen LogP contribution >= 0.6 is 0 Å². The average Bonchev–Trinajstić information content (AvgIpc) is 2.96. The Bertz CT molecular complexity index is 514. The highest BCUT2D eigenvalue weighted by Crippen LogP contribution is 2.44. The van der Waals surface area contributed by atoms with E-state index in [1.54, 1.807) is 0 Å². The van der Waals surface area contributed by atoms with Gasteiger partial charge < -0.3 is 34.3 Å². The van der Waals surface area contributed by atoms with Gasteiger partial charge in [-0.3, -0.25) is 0 Å². The molecule has 4 saturated heterocycles. The van der Waals surface area contributed by atoms with Crippen LogP contribution in [0.4, 0.5) is 0 Å². The molecular weight excluding hydrogens is 324 g/mol. The SMILES string of the molecule is CC1(N)CCN(C[C@H]2O[C@@H]3OC(C)(C)O[C@@H]3[C@H]3OC(C)(C)O[C@H]32)CC1. The van der Waals surface area contributed by atoms with Crippen LogP contribution in [0.5, 0.6) is 0 Å². The molecule has 0 saturated carbocycles. The molecular formula is C18H32N2O5. The first-order valence-electron chi connectivity index (χ1n) is 9.42. The number of hydrogen-bond acceptors (Lipinski definition) is 7. The molecule has 7 heteroatoms. The zero-order chi connectivity index (χ0) is 18.0. The minimum Gasteiger partial charge on any atom is -0.342 e. The molecule has 0 amide bonds. The number of ether oxygens (including phenoxy) is 5. The second kappa shape index (κ2) is 5.86. The molecule has 4 aliphatic heterocycles. The van der Waals surface area contributed by atoms with Crippen molar-refractivity contribution in [3.63, 3.8) is 0 Å². The number of hydrogen-bond donors (Lipinski definition) is 1. The molecule has 0 aromatic rings. The van der Waals surface area contributed by atoms with Crippen LogP contribution in [-0.4, -0.2) is 72.4 Å². The van der Waals surface area contributed by atoms with Crippen LogP contribution in [0.3, 0.4) is 0 Å². The van der Waals surface area contributed by atoms with Gasteiger partial charge in [-0.2, -0.15) is 0 Å². The van der Waals surface area contributed by atoms with Crippen molar-refractivity contribution in [3.8, 4) is 0 Å². The summed E-state index contributed by atoms with van der Waals surface area (Å²) in [5.41, 5.74) is 6.20. The predicted octanol–water partition coefficient (Wildman–Crippen LogP) is 1.20. The molecule has 4 fully saturated rings. The third-order valence-corrected chi connectivity index (χ3v) is 5.69. The van der Waals surface area contributed by atoms with Crippen LogP contribution in [0.15, 0.2) is 0 Å². The number of fused-ring (bicyclic) bond motifs is 3. The van der Waals surface area contributed by atoms with Crippen molar-refractivity contribution in [3.05, 3.63) is 0 Å². The maximum Gasteiger partial charge on any atom is 0.190 e. The quantitative estimate of drug-likeness (QED) is 0.797. The minimum atomic E-state index is -0.669. The molecule has 0 bridgehead atoms. The van der Waals surface area contributed by atoms with Gasteiger partial charge in [0, 0.05) is 12.1 Å². The highest BCUT2D eigenvalue weighted by molar-refractivity contribution is 5.01. The van der Waals surface area contributed by atoms with Crippen molar-refractivity contribution in [1.29, 1.82) is 0 Å². The summed E-state index contributed by atoms with van der Waals surface area (Å²) in [5.74, 6) is -1.31. The maximum absolute atomic E-state index is 6.28. The van der Waals surface area contributed by atoms with E-state index < -0.39 is 17.9 Å². The molecule has 0 spiro atoms. The first-order chi connectivity index (χ1) is 11.5. The fourth-order valence-electron chi connectivity index (χ4n) is 4.34. The summed E-state index contributed by atoms with van der Waals surface area (Å²) >= 11 is 0. The molecule has 0 unspecified atom stereocenters. The molecule has 144 valence electrons. The summed E-state index contributed by atoms with van der Waals surface area (Å²) < 4.78 is 30.6. The highest BCUT2D eigenvalue weighted by atomic mass is 16.9. The van der Waals surface area contributed by atoms with Crippen molar-refractivity contribution >= 4 is 0 Å². The molecule has 0 aromatic heterocycles. The second-order valence-corrected chi connectivity index (χ2v) is 9.16. The van der Waals surface area contributed by atoms with Crippen LogP contribution in [-0.2, 0) is 23.7 Å². The zero-order valence-electron chi connectivity index (χ0n) is 16.0. The molecule has 7 nitrogen and oxygen atoms in total. The van der Waals surface area contributed by atoms with Gasteiger partial charge in [0.1, 0.15) is 24.4 Å². The average molecular weight is 356 g/mol. The normalized spacial score (nSPS) is 45.1. The Morgan fingerprint density at radius 1 is 0.840 bits per heavy atom. The maximum atomic E-state index is 6.28. The molecule has 5 atom stereocenters. The predicted molar refractivity (Wildman–Crippen MR) is 90.8 cm³/mol. The second-order valence-electron chi connectivity index (χ2n) is 9.16. The largest absolute Gasteiger partial charge is 0.342 e. The van der Waals surface area contributed by atoms with Gasteiger partial charge in [0.05, 0.1) is 0 Å². The third kappa shape index (κ3) is 3.60. The lowest BCUT2D eigenvalue weighted by Gasteiger charge is -2.42. The monoisotopic (exact) mass is 356 g/mol. The lowest BCUT2D eigenvalue weighted by molar-refractivity contribution is -0.237. The fraction of sp³-hybridized carbons (Fsp3) is 1.00. The van der Waals surface area contributed by atoms with E-state index in [0.717, 1.165) is 32.5 Å². The molecule has 25 heavy (non-hydrogen) atoms. The summed E-state index contributed by atoms with van der Waals surface area (Å²) in [6, 6.07) is 0. The van der Waals surface area contributed by atoms with Crippen molar-refractivity contribution in [2.24, 2.45) is 5.73 Å². The van der Waals surface area contributed by atoms with Gasteiger partial charge in [0.2, 0.25) is 0 Å². The standard InChI is InChI=1S/C18H32N2O5/c1-16(2)22-12-11(10-20-8-6-18(5,19)7-9-20)21-15-14(13(12)23-16)24-17(3,4)25-15/h11-15H,6-10,19H2,1-5H3/t11-,12+,13+,14-,15-/m1/s1. The van der Waals surface area contributed by atoms with E-state index >= 15 is 0 Å². The Morgan fingerprint density at radius 3 is 2.08 bits per heavy atom. The van der Waals surface area contributed by atoms with Crippen LogP contribution in [0.1, 0.15) is 47.5 Å². The Balaban J connectivity index is 1.48. The van der Waals surface area contributed by atoms with E-state index in [1.165, 1.54) is 0 Å². The summed E-state index contributed by atoms with van der Waals surface area (Å²) in [7, 11) is 0. The molecule has 4 aliphatic rings. The van der Waals surface area contributed by atoms with Gasteiger partial charge in [-0.25, -0.2) is 0 Å². The van der Waals surface area contributed by atoms with Crippen molar-refractivity contribution in [2.45, 2.75) is 95.3 Å². The fourth-order valence-corrected chi connectivity index (χ4v) is 4.34. The number of piperidine rings is 1. The molecule has 4 rings (SSSR count). The van der Waals surface area contributed by atoms with E-state index in [2.05, 4.69) is 11.8 Å². The number of likely N-dealkylation sites (tertiary alicyclic amines) is 1. The van der Waals surface area contributed by atoms with Crippen LogP contribution in [0.25, 0.3) is 0 Å². The van der Waals surface area contributed by atoms with Gasteiger partial charge in [0.15, 0.2) is 17.9 Å². The first-order valence-corrected chi connectivity index (χ1v) is 9.42. The lowest BCUT2D eigenvalue weighted by Crippen LogP contribution is -2.59. The van der Waals surface area contributed by atoms with Crippen LogP contribution in [0, 0.1) is 0 Å². The van der Waals surface area contributed by atoms with Gasteiger partial charge in [-0.1, -0.05) is 0 Å². The summed E-state index contributed by atoms with van der Waals surface area (Å²) in [5, 5.41) is 0. The smallest absolute Gasteiger partial charge is 0.190 e. The molecule has 2 N–H and O–H groups in total.